The van der Waals surface area contributed by atoms with E-state index in [0.717, 1.165) is 13.1 Å². The minimum Gasteiger partial charge on any atom is -0.370 e. The molecular formula is C9H13N3S. The second kappa shape index (κ2) is 3.38. The highest BCUT2D eigenvalue weighted by Crippen LogP contribution is 2.16. The second-order valence-corrected chi connectivity index (χ2v) is 4.29. The Balaban J connectivity index is 2.06. The summed E-state index contributed by atoms with van der Waals surface area (Å²) in [7, 11) is 0. The molecule has 0 aromatic carbocycles. The molecule has 2 rings (SSSR count). The molecule has 0 saturated heterocycles. The van der Waals surface area contributed by atoms with Crippen molar-refractivity contribution in [3.8, 4) is 0 Å². The van der Waals surface area contributed by atoms with Crippen LogP contribution in [0.4, 0.5) is 0 Å². The molecule has 1 aliphatic rings. The van der Waals surface area contributed by atoms with Gasteiger partial charge in [0.15, 0.2) is 5.96 Å². The van der Waals surface area contributed by atoms with E-state index >= 15 is 0 Å². The first-order chi connectivity index (χ1) is 6.27. The van der Waals surface area contributed by atoms with Gasteiger partial charge in [0.25, 0.3) is 0 Å². The number of nitrogens with two attached hydrogens (primary N) is 1. The largest absolute Gasteiger partial charge is 0.370 e. The Morgan fingerprint density at radius 3 is 3.15 bits per heavy atom. The second-order valence-electron chi connectivity index (χ2n) is 3.26. The molecular weight excluding hydrogens is 182 g/mol. The lowest BCUT2D eigenvalue weighted by Crippen LogP contribution is -2.38. The van der Waals surface area contributed by atoms with E-state index in [-0.39, 0.29) is 0 Å². The van der Waals surface area contributed by atoms with Crippen molar-refractivity contribution in [2.75, 3.05) is 6.54 Å². The quantitative estimate of drug-likeness (QED) is 0.772. The third-order valence-electron chi connectivity index (χ3n) is 2.25. The molecule has 0 fully saturated rings. The van der Waals surface area contributed by atoms with Gasteiger partial charge in [-0.25, -0.2) is 0 Å². The topological polar surface area (TPSA) is 41.6 Å². The maximum absolute atomic E-state index is 5.77. The summed E-state index contributed by atoms with van der Waals surface area (Å²) in [6.07, 6.45) is 0. The van der Waals surface area contributed by atoms with E-state index in [2.05, 4.69) is 34.3 Å². The maximum atomic E-state index is 5.77. The summed E-state index contributed by atoms with van der Waals surface area (Å²) in [5, 5.41) is 2.09. The van der Waals surface area contributed by atoms with Crippen LogP contribution < -0.4 is 5.73 Å². The average Bonchev–Trinajstić information content (AvgIpc) is 2.70. The molecule has 1 aromatic heterocycles. The van der Waals surface area contributed by atoms with Gasteiger partial charge in [-0.3, -0.25) is 4.99 Å². The van der Waals surface area contributed by atoms with Crippen molar-refractivity contribution in [2.45, 2.75) is 19.5 Å². The third kappa shape index (κ3) is 1.67. The predicted octanol–water partition coefficient (Wildman–Crippen LogP) is 1.27. The summed E-state index contributed by atoms with van der Waals surface area (Å²) in [4.78, 5) is 7.69. The van der Waals surface area contributed by atoms with Crippen LogP contribution in [-0.4, -0.2) is 23.4 Å². The van der Waals surface area contributed by atoms with Gasteiger partial charge in [0.1, 0.15) is 0 Å². The fourth-order valence-electron chi connectivity index (χ4n) is 1.45. The lowest BCUT2D eigenvalue weighted by atomic mass is 10.3. The predicted molar refractivity (Wildman–Crippen MR) is 55.8 cm³/mol. The van der Waals surface area contributed by atoms with Gasteiger partial charge in [0.05, 0.1) is 13.1 Å². The summed E-state index contributed by atoms with van der Waals surface area (Å²) >= 11 is 1.76. The number of aliphatic imine (C=N–C) groups is 1. The Morgan fingerprint density at radius 1 is 1.77 bits per heavy atom. The van der Waals surface area contributed by atoms with E-state index in [9.17, 15) is 0 Å². The molecule has 0 saturated carbocycles. The van der Waals surface area contributed by atoms with E-state index in [1.54, 1.807) is 11.3 Å². The molecule has 2 N–H and O–H groups in total. The first kappa shape index (κ1) is 8.56. The number of nitrogens with zero attached hydrogens (tertiary/aromatic N) is 2. The molecule has 0 amide bonds. The monoisotopic (exact) mass is 195 g/mol. The summed E-state index contributed by atoms with van der Waals surface area (Å²) in [5.41, 5.74) is 5.77. The Kier molecular flexibility index (Phi) is 2.22. The smallest absolute Gasteiger partial charge is 0.191 e. The van der Waals surface area contributed by atoms with E-state index in [4.69, 9.17) is 5.73 Å². The van der Waals surface area contributed by atoms with E-state index in [0.29, 0.717) is 12.0 Å². The highest BCUT2D eigenvalue weighted by Gasteiger charge is 2.21. The molecule has 4 heteroatoms. The van der Waals surface area contributed by atoms with Crippen molar-refractivity contribution in [2.24, 2.45) is 10.7 Å². The van der Waals surface area contributed by atoms with Crippen LogP contribution in [-0.2, 0) is 6.54 Å². The molecule has 1 unspecified atom stereocenters. The molecule has 13 heavy (non-hydrogen) atoms. The Labute approximate surface area is 81.9 Å². The van der Waals surface area contributed by atoms with Crippen molar-refractivity contribution in [3.05, 3.63) is 22.4 Å². The van der Waals surface area contributed by atoms with Crippen LogP contribution in [0.15, 0.2) is 22.5 Å². The van der Waals surface area contributed by atoms with Crippen LogP contribution in [0, 0.1) is 0 Å². The van der Waals surface area contributed by atoms with Crippen molar-refractivity contribution in [3.63, 3.8) is 0 Å². The maximum Gasteiger partial charge on any atom is 0.191 e. The summed E-state index contributed by atoms with van der Waals surface area (Å²) in [6, 6.07) is 4.64. The van der Waals surface area contributed by atoms with Gasteiger partial charge in [-0.05, 0) is 18.4 Å². The number of rotatable bonds is 2. The zero-order valence-corrected chi connectivity index (χ0v) is 8.42. The molecule has 1 aromatic rings. The highest BCUT2D eigenvalue weighted by atomic mass is 32.1. The molecule has 0 bridgehead atoms. The van der Waals surface area contributed by atoms with Crippen molar-refractivity contribution < 1.29 is 0 Å². The molecule has 0 radical (unpaired) electrons. The van der Waals surface area contributed by atoms with Gasteiger partial charge < -0.3 is 10.6 Å². The Hall–Kier alpha value is -1.03. The summed E-state index contributed by atoms with van der Waals surface area (Å²) in [5.74, 6) is 0.681. The molecule has 0 aliphatic carbocycles. The van der Waals surface area contributed by atoms with Crippen molar-refractivity contribution in [1.82, 2.24) is 4.90 Å². The fourth-order valence-corrected chi connectivity index (χ4v) is 2.15. The standard InChI is InChI=1S/C9H13N3S/c1-7-5-11-9(10)12(7)6-8-3-2-4-13-8/h2-4,7H,5-6H2,1H3,(H2,10,11). The van der Waals surface area contributed by atoms with Gasteiger partial charge in [-0.15, -0.1) is 11.3 Å². The molecule has 1 atom stereocenters. The highest BCUT2D eigenvalue weighted by molar-refractivity contribution is 7.09. The molecule has 0 spiro atoms. The lowest BCUT2D eigenvalue weighted by molar-refractivity contribution is 0.357. The van der Waals surface area contributed by atoms with E-state index < -0.39 is 0 Å². The van der Waals surface area contributed by atoms with Gasteiger partial charge in [0, 0.05) is 10.9 Å². The summed E-state index contributed by atoms with van der Waals surface area (Å²) < 4.78 is 0. The zero-order chi connectivity index (χ0) is 9.26. The molecule has 3 nitrogen and oxygen atoms in total. The SMILES string of the molecule is CC1CN=C(N)N1Cc1cccs1. The van der Waals surface area contributed by atoms with Crippen molar-refractivity contribution >= 4 is 17.3 Å². The first-order valence-corrected chi connectivity index (χ1v) is 5.24. The Morgan fingerprint density at radius 2 is 2.62 bits per heavy atom. The normalized spacial score (nSPS) is 22.1. The minimum absolute atomic E-state index is 0.446. The Bertz CT molecular complexity index is 305. The van der Waals surface area contributed by atoms with E-state index in [1.807, 2.05) is 0 Å². The van der Waals surface area contributed by atoms with Crippen LogP contribution in [0.1, 0.15) is 11.8 Å². The average molecular weight is 195 g/mol. The van der Waals surface area contributed by atoms with Crippen LogP contribution in [0.25, 0.3) is 0 Å². The minimum atomic E-state index is 0.446. The number of hydrogen-bond donors (Lipinski definition) is 1. The number of guanidine groups is 1. The van der Waals surface area contributed by atoms with E-state index in [1.165, 1.54) is 4.88 Å². The van der Waals surface area contributed by atoms with Gasteiger partial charge in [-0.1, -0.05) is 6.07 Å². The van der Waals surface area contributed by atoms with Gasteiger partial charge in [0.2, 0.25) is 0 Å². The molecule has 2 heterocycles. The summed E-state index contributed by atoms with van der Waals surface area (Å²) in [6.45, 7) is 3.88. The van der Waals surface area contributed by atoms with Gasteiger partial charge in [-0.2, -0.15) is 0 Å². The van der Waals surface area contributed by atoms with Gasteiger partial charge >= 0.3 is 0 Å². The third-order valence-corrected chi connectivity index (χ3v) is 3.11. The molecule has 1 aliphatic heterocycles. The zero-order valence-electron chi connectivity index (χ0n) is 7.60. The molecule has 70 valence electrons. The van der Waals surface area contributed by atoms with Crippen molar-refractivity contribution in [1.29, 1.82) is 0 Å². The lowest BCUT2D eigenvalue weighted by Gasteiger charge is -2.22. The van der Waals surface area contributed by atoms with Crippen LogP contribution >= 0.6 is 11.3 Å². The van der Waals surface area contributed by atoms with Crippen LogP contribution in [0.5, 0.6) is 0 Å². The first-order valence-electron chi connectivity index (χ1n) is 4.36. The number of hydrogen-bond acceptors (Lipinski definition) is 4. The fraction of sp³-hybridized carbons (Fsp3) is 0.444. The van der Waals surface area contributed by atoms with Crippen LogP contribution in [0.2, 0.25) is 0 Å². The van der Waals surface area contributed by atoms with Crippen LogP contribution in [0.3, 0.4) is 0 Å². The number of thiophene rings is 1.